The van der Waals surface area contributed by atoms with E-state index in [2.05, 4.69) is 25.6 Å². The first-order valence-corrected chi connectivity index (χ1v) is 7.61. The summed E-state index contributed by atoms with van der Waals surface area (Å²) in [5.74, 6) is 0.0715. The molecule has 0 bridgehead atoms. The van der Waals surface area contributed by atoms with Crippen molar-refractivity contribution in [3.05, 3.63) is 77.3 Å². The molecule has 0 atom stereocenters. The minimum absolute atomic E-state index is 0.270. The molecule has 0 unspecified atom stereocenters. The van der Waals surface area contributed by atoms with Gasteiger partial charge < -0.3 is 10.6 Å². The van der Waals surface area contributed by atoms with E-state index in [1.54, 1.807) is 30.6 Å². The number of anilines is 2. The summed E-state index contributed by atoms with van der Waals surface area (Å²) in [4.78, 5) is 24.5. The van der Waals surface area contributed by atoms with Crippen LogP contribution < -0.4 is 10.6 Å². The summed E-state index contributed by atoms with van der Waals surface area (Å²) in [5, 5.41) is 6.49. The molecule has 0 aliphatic rings. The number of nitrogens with zero attached hydrogens (tertiary/aromatic N) is 3. The molecular formula is C17H14ClN5O. The van der Waals surface area contributed by atoms with Crippen LogP contribution in [0.4, 0.5) is 11.6 Å². The van der Waals surface area contributed by atoms with Crippen molar-refractivity contribution in [1.82, 2.24) is 20.3 Å². The number of hydrogen-bond donors (Lipinski definition) is 2. The van der Waals surface area contributed by atoms with Crippen molar-refractivity contribution in [2.24, 2.45) is 0 Å². The lowest BCUT2D eigenvalue weighted by Gasteiger charge is -2.07. The summed E-state index contributed by atoms with van der Waals surface area (Å²) in [6.45, 7) is 0.408. The summed E-state index contributed by atoms with van der Waals surface area (Å²) < 4.78 is 0. The van der Waals surface area contributed by atoms with Crippen molar-refractivity contribution in [2.75, 3.05) is 5.32 Å². The SMILES string of the molecule is O=C(NCc1ccncc1)c1ccnc(Nc2ccc(Cl)cc2)n1. The molecule has 120 valence electrons. The molecule has 3 aromatic rings. The highest BCUT2D eigenvalue weighted by Gasteiger charge is 2.08. The van der Waals surface area contributed by atoms with Gasteiger partial charge in [0.2, 0.25) is 5.95 Å². The highest BCUT2D eigenvalue weighted by molar-refractivity contribution is 6.30. The number of carbonyl (C=O) groups excluding carboxylic acids is 1. The molecule has 3 rings (SSSR count). The molecule has 1 aromatic carbocycles. The molecule has 0 aliphatic heterocycles. The molecule has 2 heterocycles. The first kappa shape index (κ1) is 15.9. The number of rotatable bonds is 5. The van der Waals surface area contributed by atoms with E-state index in [0.717, 1.165) is 11.3 Å². The van der Waals surface area contributed by atoms with Gasteiger partial charge in [0.25, 0.3) is 5.91 Å². The van der Waals surface area contributed by atoms with Crippen LogP contribution in [-0.4, -0.2) is 20.9 Å². The van der Waals surface area contributed by atoms with Crippen LogP contribution in [0.5, 0.6) is 0 Å². The Morgan fingerprint density at radius 3 is 2.50 bits per heavy atom. The van der Waals surface area contributed by atoms with Crippen molar-refractivity contribution >= 4 is 29.1 Å². The maximum absolute atomic E-state index is 12.2. The number of pyridine rings is 1. The van der Waals surface area contributed by atoms with Gasteiger partial charge in [0.15, 0.2) is 0 Å². The van der Waals surface area contributed by atoms with Crippen LogP contribution in [0.3, 0.4) is 0 Å². The summed E-state index contributed by atoms with van der Waals surface area (Å²) in [6.07, 6.45) is 4.90. The van der Waals surface area contributed by atoms with Gasteiger partial charge in [0, 0.05) is 35.8 Å². The Morgan fingerprint density at radius 2 is 1.75 bits per heavy atom. The van der Waals surface area contributed by atoms with Gasteiger partial charge in [0.05, 0.1) is 0 Å². The third kappa shape index (κ3) is 4.27. The second kappa shape index (κ2) is 7.52. The van der Waals surface area contributed by atoms with Crippen molar-refractivity contribution < 1.29 is 4.79 Å². The molecule has 0 radical (unpaired) electrons. The third-order valence-electron chi connectivity index (χ3n) is 3.19. The Balaban J connectivity index is 1.65. The predicted molar refractivity (Wildman–Crippen MR) is 92.2 cm³/mol. The van der Waals surface area contributed by atoms with Crippen LogP contribution >= 0.6 is 11.6 Å². The second-order valence-corrected chi connectivity index (χ2v) is 5.37. The van der Waals surface area contributed by atoms with E-state index in [0.29, 0.717) is 17.5 Å². The maximum atomic E-state index is 12.2. The topological polar surface area (TPSA) is 79.8 Å². The van der Waals surface area contributed by atoms with Gasteiger partial charge in [-0.05, 0) is 48.0 Å². The Hall–Kier alpha value is -2.99. The number of amides is 1. The van der Waals surface area contributed by atoms with Gasteiger partial charge in [-0.3, -0.25) is 9.78 Å². The third-order valence-corrected chi connectivity index (χ3v) is 3.44. The van der Waals surface area contributed by atoms with Crippen LogP contribution in [0.2, 0.25) is 5.02 Å². The first-order chi connectivity index (χ1) is 11.7. The quantitative estimate of drug-likeness (QED) is 0.746. The van der Waals surface area contributed by atoms with Gasteiger partial charge in [-0.2, -0.15) is 0 Å². The Morgan fingerprint density at radius 1 is 1.00 bits per heavy atom. The highest BCUT2D eigenvalue weighted by atomic mass is 35.5. The molecule has 7 heteroatoms. The molecule has 2 aromatic heterocycles. The van der Waals surface area contributed by atoms with E-state index in [9.17, 15) is 4.79 Å². The lowest BCUT2D eigenvalue weighted by molar-refractivity contribution is 0.0946. The fourth-order valence-electron chi connectivity index (χ4n) is 1.98. The molecule has 24 heavy (non-hydrogen) atoms. The van der Waals surface area contributed by atoms with Gasteiger partial charge >= 0.3 is 0 Å². The number of halogens is 1. The van der Waals surface area contributed by atoms with E-state index >= 15 is 0 Å². The number of aromatic nitrogens is 3. The molecule has 0 saturated carbocycles. The molecule has 1 amide bonds. The molecule has 0 saturated heterocycles. The fraction of sp³-hybridized carbons (Fsp3) is 0.0588. The smallest absolute Gasteiger partial charge is 0.270 e. The average molecular weight is 340 g/mol. The van der Waals surface area contributed by atoms with E-state index in [1.165, 1.54) is 6.20 Å². The summed E-state index contributed by atoms with van der Waals surface area (Å²) in [5.41, 5.74) is 2.04. The van der Waals surface area contributed by atoms with Gasteiger partial charge in [-0.25, -0.2) is 9.97 Å². The van der Waals surface area contributed by atoms with Crippen LogP contribution in [0, 0.1) is 0 Å². The summed E-state index contributed by atoms with van der Waals surface area (Å²) in [7, 11) is 0. The Kier molecular flexibility index (Phi) is 4.98. The minimum Gasteiger partial charge on any atom is -0.347 e. The summed E-state index contributed by atoms with van der Waals surface area (Å²) in [6, 6.07) is 12.4. The Bertz CT molecular complexity index is 824. The van der Waals surface area contributed by atoms with Crippen LogP contribution in [0.15, 0.2) is 61.1 Å². The predicted octanol–water partition coefficient (Wildman–Crippen LogP) is 3.20. The van der Waals surface area contributed by atoms with Crippen molar-refractivity contribution in [2.45, 2.75) is 6.54 Å². The highest BCUT2D eigenvalue weighted by Crippen LogP contribution is 2.16. The monoisotopic (exact) mass is 339 g/mol. The van der Waals surface area contributed by atoms with E-state index in [1.807, 2.05) is 24.3 Å². The van der Waals surface area contributed by atoms with Crippen LogP contribution in [0.25, 0.3) is 0 Å². The molecule has 0 spiro atoms. The molecule has 0 aliphatic carbocycles. The Labute approximate surface area is 143 Å². The fourth-order valence-corrected chi connectivity index (χ4v) is 2.11. The van der Waals surface area contributed by atoms with Crippen molar-refractivity contribution in [3.63, 3.8) is 0 Å². The number of hydrogen-bond acceptors (Lipinski definition) is 5. The summed E-state index contributed by atoms with van der Waals surface area (Å²) >= 11 is 5.85. The average Bonchev–Trinajstić information content (AvgIpc) is 2.63. The normalized spacial score (nSPS) is 10.2. The van der Waals surface area contributed by atoms with Crippen molar-refractivity contribution in [1.29, 1.82) is 0 Å². The second-order valence-electron chi connectivity index (χ2n) is 4.94. The lowest BCUT2D eigenvalue weighted by Crippen LogP contribution is -2.24. The number of benzene rings is 1. The molecule has 2 N–H and O–H groups in total. The molecule has 0 fully saturated rings. The maximum Gasteiger partial charge on any atom is 0.270 e. The standard InChI is InChI=1S/C17H14ClN5O/c18-13-1-3-14(4-2-13)22-17-20-10-7-15(23-17)16(24)21-11-12-5-8-19-9-6-12/h1-10H,11H2,(H,21,24)(H,20,22,23). The number of nitrogens with one attached hydrogen (secondary N) is 2. The zero-order valence-electron chi connectivity index (χ0n) is 12.6. The molecule has 6 nitrogen and oxygen atoms in total. The van der Waals surface area contributed by atoms with Gasteiger partial charge in [-0.1, -0.05) is 11.6 Å². The molecular weight excluding hydrogens is 326 g/mol. The van der Waals surface area contributed by atoms with E-state index in [-0.39, 0.29) is 11.6 Å². The first-order valence-electron chi connectivity index (χ1n) is 7.23. The van der Waals surface area contributed by atoms with E-state index in [4.69, 9.17) is 11.6 Å². The zero-order valence-corrected chi connectivity index (χ0v) is 13.4. The van der Waals surface area contributed by atoms with E-state index < -0.39 is 0 Å². The minimum atomic E-state index is -0.270. The lowest BCUT2D eigenvalue weighted by atomic mass is 10.2. The van der Waals surface area contributed by atoms with Crippen LogP contribution in [0.1, 0.15) is 16.1 Å². The zero-order chi connectivity index (χ0) is 16.8. The van der Waals surface area contributed by atoms with Gasteiger partial charge in [0.1, 0.15) is 5.69 Å². The van der Waals surface area contributed by atoms with Crippen molar-refractivity contribution in [3.8, 4) is 0 Å². The van der Waals surface area contributed by atoms with Crippen LogP contribution in [-0.2, 0) is 6.54 Å². The largest absolute Gasteiger partial charge is 0.347 e. The number of carbonyl (C=O) groups is 1. The van der Waals surface area contributed by atoms with Gasteiger partial charge in [-0.15, -0.1) is 0 Å².